The minimum Gasteiger partial charge on any atom is -0.366 e. The second-order valence-electron chi connectivity index (χ2n) is 7.21. The monoisotopic (exact) mass is 371 g/mol. The summed E-state index contributed by atoms with van der Waals surface area (Å²) < 4.78 is 5.76. The molecule has 1 aromatic carbocycles. The van der Waals surface area contributed by atoms with Gasteiger partial charge in [-0.25, -0.2) is 4.98 Å². The smallest absolute Gasteiger partial charge is 0.258 e. The molecular formula is C19H25N5O3. The largest absolute Gasteiger partial charge is 0.366 e. The first-order valence-corrected chi connectivity index (χ1v) is 9.45. The van der Waals surface area contributed by atoms with Crippen molar-refractivity contribution < 1.29 is 9.53 Å². The number of ether oxygens (including phenoxy) is 1. The van der Waals surface area contributed by atoms with Gasteiger partial charge < -0.3 is 19.9 Å². The third kappa shape index (κ3) is 3.87. The fraction of sp³-hybridized carbons (Fsp3) is 0.526. The third-order valence-electron chi connectivity index (χ3n) is 5.25. The first kappa shape index (κ1) is 18.1. The molecule has 8 nitrogen and oxygen atoms in total. The molecule has 2 fully saturated rings. The first-order chi connectivity index (χ1) is 13.1. The van der Waals surface area contributed by atoms with Crippen LogP contribution in [0.1, 0.15) is 12.7 Å². The molecule has 8 heteroatoms. The van der Waals surface area contributed by atoms with E-state index in [1.807, 2.05) is 30.0 Å². The Morgan fingerprint density at radius 2 is 2.19 bits per heavy atom. The van der Waals surface area contributed by atoms with Crippen molar-refractivity contribution in [3.05, 3.63) is 40.4 Å². The van der Waals surface area contributed by atoms with Gasteiger partial charge in [0.15, 0.2) is 0 Å². The third-order valence-corrected chi connectivity index (χ3v) is 5.25. The molecule has 0 radical (unpaired) electrons. The summed E-state index contributed by atoms with van der Waals surface area (Å²) in [5, 5.41) is 3.88. The number of rotatable bonds is 3. The summed E-state index contributed by atoms with van der Waals surface area (Å²) in [5.74, 6) is 0.663. The number of fused-ring (bicyclic) bond motifs is 1. The molecule has 1 unspecified atom stereocenters. The molecule has 3 heterocycles. The molecule has 4 rings (SSSR count). The molecule has 27 heavy (non-hydrogen) atoms. The van der Waals surface area contributed by atoms with E-state index in [9.17, 15) is 9.59 Å². The van der Waals surface area contributed by atoms with Gasteiger partial charge in [0, 0.05) is 38.8 Å². The number of H-pyrrole nitrogens is 1. The molecule has 144 valence electrons. The topological polar surface area (TPSA) is 90.6 Å². The van der Waals surface area contributed by atoms with E-state index < -0.39 is 6.10 Å². The molecule has 2 N–H and O–H groups in total. The quantitative estimate of drug-likeness (QED) is 0.786. The lowest BCUT2D eigenvalue weighted by Gasteiger charge is -2.39. The second kappa shape index (κ2) is 7.75. The number of aromatic amines is 1. The van der Waals surface area contributed by atoms with Gasteiger partial charge in [-0.15, -0.1) is 0 Å². The van der Waals surface area contributed by atoms with E-state index in [1.54, 1.807) is 6.07 Å². The minimum absolute atomic E-state index is 0.0497. The molecular weight excluding hydrogens is 346 g/mol. The number of piperazine rings is 1. The van der Waals surface area contributed by atoms with Crippen molar-refractivity contribution in [1.29, 1.82) is 0 Å². The highest BCUT2D eigenvalue weighted by molar-refractivity contribution is 5.81. The average molecular weight is 371 g/mol. The molecule has 2 saturated heterocycles. The SMILES string of the molecule is C[C@@H]1CNCCN1C(=O)C1CN(Cc2nc3ccccc3c(=O)[nH]2)CCO1. The van der Waals surface area contributed by atoms with Crippen LogP contribution in [-0.4, -0.2) is 77.2 Å². The van der Waals surface area contributed by atoms with Crippen molar-refractivity contribution >= 4 is 16.8 Å². The lowest BCUT2D eigenvalue weighted by atomic mass is 10.1. The van der Waals surface area contributed by atoms with Crippen LogP contribution >= 0.6 is 0 Å². The number of para-hydroxylation sites is 1. The summed E-state index contributed by atoms with van der Waals surface area (Å²) in [6.07, 6.45) is -0.466. The van der Waals surface area contributed by atoms with Gasteiger partial charge in [-0.2, -0.15) is 0 Å². The predicted molar refractivity (Wildman–Crippen MR) is 101 cm³/mol. The van der Waals surface area contributed by atoms with Crippen LogP contribution in [0.3, 0.4) is 0 Å². The molecule has 1 amide bonds. The Morgan fingerprint density at radius 1 is 1.33 bits per heavy atom. The van der Waals surface area contributed by atoms with E-state index in [2.05, 4.69) is 20.2 Å². The Kier molecular flexibility index (Phi) is 5.20. The number of amides is 1. The number of carbonyl (C=O) groups is 1. The molecule has 0 aliphatic carbocycles. The van der Waals surface area contributed by atoms with Crippen molar-refractivity contribution in [3.63, 3.8) is 0 Å². The average Bonchev–Trinajstić information content (AvgIpc) is 2.68. The lowest BCUT2D eigenvalue weighted by Crippen LogP contribution is -2.58. The molecule has 0 bridgehead atoms. The number of nitrogens with zero attached hydrogens (tertiary/aromatic N) is 3. The fourth-order valence-corrected chi connectivity index (χ4v) is 3.77. The van der Waals surface area contributed by atoms with Crippen LogP contribution in [0, 0.1) is 0 Å². The Bertz CT molecular complexity index is 883. The van der Waals surface area contributed by atoms with Crippen molar-refractivity contribution in [3.8, 4) is 0 Å². The number of carbonyl (C=O) groups excluding carboxylic acids is 1. The van der Waals surface area contributed by atoms with Crippen LogP contribution in [0.4, 0.5) is 0 Å². The Hall–Kier alpha value is -2.29. The maximum atomic E-state index is 12.9. The number of nitrogens with one attached hydrogen (secondary N) is 2. The molecule has 2 aliphatic rings. The van der Waals surface area contributed by atoms with Gasteiger partial charge >= 0.3 is 0 Å². The number of morpholine rings is 1. The Morgan fingerprint density at radius 3 is 3.04 bits per heavy atom. The molecule has 0 spiro atoms. The highest BCUT2D eigenvalue weighted by Crippen LogP contribution is 2.14. The predicted octanol–water partition coefficient (Wildman–Crippen LogP) is -0.0558. The van der Waals surface area contributed by atoms with E-state index >= 15 is 0 Å². The zero-order chi connectivity index (χ0) is 18.8. The molecule has 1 aromatic heterocycles. The van der Waals surface area contributed by atoms with Gasteiger partial charge in [-0.3, -0.25) is 14.5 Å². The number of hydrogen-bond acceptors (Lipinski definition) is 6. The maximum absolute atomic E-state index is 12.9. The van der Waals surface area contributed by atoms with Crippen LogP contribution in [0.5, 0.6) is 0 Å². The van der Waals surface area contributed by atoms with Crippen molar-refractivity contribution in [2.45, 2.75) is 25.6 Å². The summed E-state index contributed by atoms with van der Waals surface area (Å²) in [7, 11) is 0. The van der Waals surface area contributed by atoms with E-state index in [0.29, 0.717) is 49.5 Å². The highest BCUT2D eigenvalue weighted by atomic mass is 16.5. The van der Waals surface area contributed by atoms with E-state index in [1.165, 1.54) is 0 Å². The van der Waals surface area contributed by atoms with Crippen LogP contribution in [0.25, 0.3) is 10.9 Å². The fourth-order valence-electron chi connectivity index (χ4n) is 3.77. The van der Waals surface area contributed by atoms with E-state index in [4.69, 9.17) is 4.74 Å². The van der Waals surface area contributed by atoms with Crippen molar-refractivity contribution in [1.82, 2.24) is 25.1 Å². The number of hydrogen-bond donors (Lipinski definition) is 2. The van der Waals surface area contributed by atoms with Gasteiger partial charge in [0.05, 0.1) is 24.1 Å². The maximum Gasteiger partial charge on any atom is 0.258 e. The summed E-state index contributed by atoms with van der Waals surface area (Å²) in [6, 6.07) is 7.48. The minimum atomic E-state index is -0.466. The van der Waals surface area contributed by atoms with Crippen molar-refractivity contribution in [2.24, 2.45) is 0 Å². The summed E-state index contributed by atoms with van der Waals surface area (Å²) >= 11 is 0. The van der Waals surface area contributed by atoms with Gasteiger partial charge in [0.25, 0.3) is 11.5 Å². The van der Waals surface area contributed by atoms with Gasteiger partial charge in [-0.05, 0) is 19.1 Å². The van der Waals surface area contributed by atoms with E-state index in [0.717, 1.165) is 13.1 Å². The number of benzene rings is 1. The zero-order valence-electron chi connectivity index (χ0n) is 15.5. The molecule has 2 aromatic rings. The summed E-state index contributed by atoms with van der Waals surface area (Å²) in [5.41, 5.74) is 0.554. The molecule has 0 saturated carbocycles. The molecule has 2 atom stereocenters. The summed E-state index contributed by atoms with van der Waals surface area (Å²) in [6.45, 7) is 6.58. The Balaban J connectivity index is 1.45. The van der Waals surface area contributed by atoms with Crippen molar-refractivity contribution in [2.75, 3.05) is 39.3 Å². The molecule has 2 aliphatic heterocycles. The van der Waals surface area contributed by atoms with Crippen LogP contribution in [0.15, 0.2) is 29.1 Å². The van der Waals surface area contributed by atoms with Gasteiger partial charge in [-0.1, -0.05) is 12.1 Å². The standard InChI is InChI=1S/C19H25N5O3/c1-13-10-20-6-7-24(13)19(26)16-11-23(8-9-27-16)12-17-21-15-5-3-2-4-14(15)18(25)22-17/h2-5,13,16,20H,6-12H2,1H3,(H,21,22,25)/t13-,16?/m1/s1. The van der Waals surface area contributed by atoms with E-state index in [-0.39, 0.29) is 17.5 Å². The Labute approximate surface area is 157 Å². The first-order valence-electron chi connectivity index (χ1n) is 9.45. The number of aromatic nitrogens is 2. The zero-order valence-corrected chi connectivity index (χ0v) is 15.5. The van der Waals surface area contributed by atoms with Crippen LogP contribution in [-0.2, 0) is 16.1 Å². The van der Waals surface area contributed by atoms with Gasteiger partial charge in [0.1, 0.15) is 11.9 Å². The lowest BCUT2D eigenvalue weighted by molar-refractivity contribution is -0.152. The van der Waals surface area contributed by atoms with Crippen LogP contribution in [0.2, 0.25) is 0 Å². The van der Waals surface area contributed by atoms with Gasteiger partial charge in [0.2, 0.25) is 0 Å². The second-order valence-corrected chi connectivity index (χ2v) is 7.21. The summed E-state index contributed by atoms with van der Waals surface area (Å²) in [4.78, 5) is 36.6. The van der Waals surface area contributed by atoms with Crippen LogP contribution < -0.4 is 10.9 Å². The normalized spacial score (nSPS) is 24.3. The highest BCUT2D eigenvalue weighted by Gasteiger charge is 2.33.